The van der Waals surface area contributed by atoms with Crippen molar-refractivity contribution in [1.82, 2.24) is 4.90 Å². The molecule has 3 aromatic rings. The molecule has 6 rings (SSSR count). The molecule has 3 aromatic carbocycles. The average Bonchev–Trinajstić information content (AvgIpc) is 3.47. The van der Waals surface area contributed by atoms with Crippen LogP contribution in [-0.2, 0) is 10.3 Å². The van der Waals surface area contributed by atoms with Crippen molar-refractivity contribution in [3.63, 3.8) is 0 Å². The Morgan fingerprint density at radius 3 is 2.64 bits per heavy atom. The fourth-order valence-corrected chi connectivity index (χ4v) is 6.80. The fraction of sp³-hybridized carbons (Fsp3) is 0.259. The van der Waals surface area contributed by atoms with Crippen LogP contribution in [0.5, 0.6) is 0 Å². The van der Waals surface area contributed by atoms with Gasteiger partial charge in [0.25, 0.3) is 0 Å². The molecule has 0 bridgehead atoms. The van der Waals surface area contributed by atoms with E-state index < -0.39 is 11.5 Å². The number of nitrogens with zero attached hydrogens (tertiary/aromatic N) is 1. The minimum absolute atomic E-state index is 0.0217. The third-order valence-corrected chi connectivity index (χ3v) is 8.05. The molecule has 2 saturated heterocycles. The Morgan fingerprint density at radius 2 is 1.85 bits per heavy atom. The van der Waals surface area contributed by atoms with E-state index in [0.717, 1.165) is 40.7 Å². The normalized spacial score (nSPS) is 28.1. The molecule has 0 radical (unpaired) electrons. The van der Waals surface area contributed by atoms with E-state index in [1.807, 2.05) is 48.5 Å². The second kappa shape index (κ2) is 7.61. The van der Waals surface area contributed by atoms with Crippen molar-refractivity contribution in [2.75, 3.05) is 11.9 Å². The molecule has 1 spiro atoms. The zero-order chi connectivity index (χ0) is 22.7. The van der Waals surface area contributed by atoms with Gasteiger partial charge in [-0.1, -0.05) is 58.4 Å². The number of anilines is 1. The maximum Gasteiger partial charge on any atom is 0.250 e. The Labute approximate surface area is 199 Å². The van der Waals surface area contributed by atoms with Gasteiger partial charge in [-0.05, 0) is 55.3 Å². The van der Waals surface area contributed by atoms with Gasteiger partial charge in [0.15, 0.2) is 5.78 Å². The van der Waals surface area contributed by atoms with Crippen LogP contribution in [-0.4, -0.2) is 29.2 Å². The summed E-state index contributed by atoms with van der Waals surface area (Å²) in [6.45, 7) is 0.742. The first-order valence-corrected chi connectivity index (χ1v) is 12.0. The van der Waals surface area contributed by atoms with E-state index in [-0.39, 0.29) is 29.5 Å². The smallest absolute Gasteiger partial charge is 0.250 e. The largest absolute Gasteiger partial charge is 0.324 e. The van der Waals surface area contributed by atoms with E-state index in [2.05, 4.69) is 26.1 Å². The van der Waals surface area contributed by atoms with Crippen molar-refractivity contribution in [3.05, 3.63) is 99.8 Å². The summed E-state index contributed by atoms with van der Waals surface area (Å²) in [5.74, 6) is -1.38. The van der Waals surface area contributed by atoms with Gasteiger partial charge in [0.2, 0.25) is 5.91 Å². The third-order valence-electron chi connectivity index (χ3n) is 7.55. The van der Waals surface area contributed by atoms with Crippen molar-refractivity contribution >= 4 is 33.3 Å². The summed E-state index contributed by atoms with van der Waals surface area (Å²) in [4.78, 5) is 30.4. The Kier molecular flexibility index (Phi) is 4.78. The average molecular weight is 505 g/mol. The number of benzene rings is 3. The summed E-state index contributed by atoms with van der Waals surface area (Å²) in [5, 5.41) is 3.07. The van der Waals surface area contributed by atoms with Crippen molar-refractivity contribution < 1.29 is 14.0 Å². The van der Waals surface area contributed by atoms with Gasteiger partial charge in [-0.2, -0.15) is 0 Å². The van der Waals surface area contributed by atoms with Crippen LogP contribution in [0.4, 0.5) is 10.1 Å². The molecule has 3 heterocycles. The molecule has 4 atom stereocenters. The van der Waals surface area contributed by atoms with Crippen molar-refractivity contribution in [3.8, 4) is 0 Å². The molecular formula is C27H22BrFN2O2. The quantitative estimate of drug-likeness (QED) is 0.479. The van der Waals surface area contributed by atoms with Gasteiger partial charge in [0.1, 0.15) is 11.4 Å². The minimum atomic E-state index is -1.09. The van der Waals surface area contributed by atoms with Crippen molar-refractivity contribution in [2.45, 2.75) is 30.3 Å². The van der Waals surface area contributed by atoms with Crippen LogP contribution in [0.1, 0.15) is 40.2 Å². The van der Waals surface area contributed by atoms with Gasteiger partial charge in [0, 0.05) is 33.2 Å². The number of fused-ring (bicyclic) bond motifs is 4. The van der Waals surface area contributed by atoms with E-state index >= 15 is 0 Å². The molecule has 0 saturated carbocycles. The van der Waals surface area contributed by atoms with Crippen LogP contribution in [0.3, 0.4) is 0 Å². The Balaban J connectivity index is 1.61. The third kappa shape index (κ3) is 2.90. The lowest BCUT2D eigenvalue weighted by Gasteiger charge is -2.36. The maximum atomic E-state index is 14.3. The number of para-hydroxylation sites is 1. The molecule has 2 fully saturated rings. The predicted octanol–water partition coefficient (Wildman–Crippen LogP) is 5.50. The number of carbonyl (C=O) groups is 2. The van der Waals surface area contributed by atoms with E-state index in [4.69, 9.17) is 0 Å². The minimum Gasteiger partial charge on any atom is -0.324 e. The number of Topliss-reactive ketones (excluding diaryl/α,β-unsaturated/α-hetero) is 1. The first kappa shape index (κ1) is 20.8. The van der Waals surface area contributed by atoms with Gasteiger partial charge in [-0.25, -0.2) is 4.39 Å². The fourth-order valence-electron chi connectivity index (χ4n) is 6.40. The van der Waals surface area contributed by atoms with Crippen LogP contribution in [0.2, 0.25) is 0 Å². The van der Waals surface area contributed by atoms with Crippen LogP contribution in [0, 0.1) is 11.7 Å². The van der Waals surface area contributed by atoms with Gasteiger partial charge in [-0.15, -0.1) is 0 Å². The number of hydrogen-bond acceptors (Lipinski definition) is 3. The van der Waals surface area contributed by atoms with Gasteiger partial charge >= 0.3 is 0 Å². The molecular weight excluding hydrogens is 483 g/mol. The van der Waals surface area contributed by atoms with Gasteiger partial charge < -0.3 is 5.32 Å². The summed E-state index contributed by atoms with van der Waals surface area (Å²) in [6, 6.07) is 21.5. The monoisotopic (exact) mass is 504 g/mol. The molecule has 1 amide bonds. The Bertz CT molecular complexity index is 1280. The molecule has 33 heavy (non-hydrogen) atoms. The maximum absolute atomic E-state index is 14.3. The van der Waals surface area contributed by atoms with E-state index in [0.29, 0.717) is 5.56 Å². The van der Waals surface area contributed by atoms with E-state index in [9.17, 15) is 14.0 Å². The number of nitrogens with one attached hydrogen (secondary N) is 1. The molecule has 3 aliphatic rings. The number of amides is 1. The number of rotatable bonds is 3. The Hall–Kier alpha value is -2.83. The van der Waals surface area contributed by atoms with E-state index in [1.165, 1.54) is 12.1 Å². The summed E-state index contributed by atoms with van der Waals surface area (Å²) in [5.41, 5.74) is 2.01. The zero-order valence-corrected chi connectivity index (χ0v) is 19.4. The highest BCUT2D eigenvalue weighted by atomic mass is 79.9. The van der Waals surface area contributed by atoms with Gasteiger partial charge in [-0.3, -0.25) is 14.5 Å². The standard InChI is InChI=1S/C27H22BrFN2O2/c28-18-6-3-5-17(15-18)25(32)24-23(16-10-12-19(29)13-11-16)22-9-4-14-31(22)27(24)20-7-1-2-8-21(20)30-26(27)33/h1-3,5-8,10-13,15,22-24H,4,9,14H2,(H,30,33). The molecule has 4 nitrogen and oxygen atoms in total. The number of hydrogen-bond donors (Lipinski definition) is 1. The highest BCUT2D eigenvalue weighted by Gasteiger charge is 2.69. The molecule has 3 aliphatic heterocycles. The first-order chi connectivity index (χ1) is 16.0. The van der Waals surface area contributed by atoms with Crippen LogP contribution < -0.4 is 5.32 Å². The van der Waals surface area contributed by atoms with E-state index in [1.54, 1.807) is 12.1 Å². The highest BCUT2D eigenvalue weighted by Crippen LogP contribution is 2.61. The zero-order valence-electron chi connectivity index (χ0n) is 17.8. The number of ketones is 1. The van der Waals surface area contributed by atoms with Crippen molar-refractivity contribution in [1.29, 1.82) is 0 Å². The lowest BCUT2D eigenvalue weighted by molar-refractivity contribution is -0.127. The molecule has 6 heteroatoms. The Morgan fingerprint density at radius 1 is 1.06 bits per heavy atom. The molecule has 166 valence electrons. The highest BCUT2D eigenvalue weighted by molar-refractivity contribution is 9.10. The summed E-state index contributed by atoms with van der Waals surface area (Å²) < 4.78 is 14.6. The van der Waals surface area contributed by atoms with Crippen molar-refractivity contribution in [2.24, 2.45) is 5.92 Å². The number of halogens is 2. The molecule has 4 unspecified atom stereocenters. The lowest BCUT2D eigenvalue weighted by atomic mass is 9.69. The lowest BCUT2D eigenvalue weighted by Crippen LogP contribution is -2.52. The van der Waals surface area contributed by atoms with Crippen LogP contribution >= 0.6 is 15.9 Å². The molecule has 0 aliphatic carbocycles. The summed E-state index contributed by atoms with van der Waals surface area (Å²) in [7, 11) is 0. The molecule has 0 aromatic heterocycles. The molecule has 1 N–H and O–H groups in total. The summed E-state index contributed by atoms with van der Waals surface area (Å²) >= 11 is 3.48. The first-order valence-electron chi connectivity index (χ1n) is 11.2. The topological polar surface area (TPSA) is 49.4 Å². The van der Waals surface area contributed by atoms with Crippen LogP contribution in [0.25, 0.3) is 0 Å². The second-order valence-electron chi connectivity index (χ2n) is 9.10. The second-order valence-corrected chi connectivity index (χ2v) is 10.0. The summed E-state index contributed by atoms with van der Waals surface area (Å²) in [6.07, 6.45) is 1.85. The van der Waals surface area contributed by atoms with Gasteiger partial charge in [0.05, 0.1) is 5.92 Å². The van der Waals surface area contributed by atoms with Crippen LogP contribution in [0.15, 0.2) is 77.3 Å². The SMILES string of the molecule is O=C(c1cccc(Br)c1)C1C(c2ccc(F)cc2)C2CCCN2C12C(=O)Nc1ccccc12. The predicted molar refractivity (Wildman–Crippen MR) is 128 cm³/mol. The number of carbonyl (C=O) groups excluding carboxylic acids is 2.